The Morgan fingerprint density at radius 1 is 1.10 bits per heavy atom. The standard InChI is InChI=1S/C31H30N6O5/c1-41-28-25(42-19-17-33-26(39)14-11-23(38)10-9-21-6-3-2-4-7-21)13-12-24-27(28)35-31(37-18-16-34-29(24)37)36-30(40)22-8-5-15-32-20-22/h2-10,12-13,15,20,34H,11,14,16-19H2,1H3,(H,33,39)/b10-9+,36-31?. The van der Waals surface area contributed by atoms with Crippen LogP contribution >= 0.6 is 0 Å². The minimum Gasteiger partial charge on any atom is -0.491 e. The lowest BCUT2D eigenvalue weighted by Gasteiger charge is -2.15. The van der Waals surface area contributed by atoms with E-state index in [0.717, 1.165) is 16.8 Å². The molecule has 0 aliphatic carbocycles. The highest BCUT2D eigenvalue weighted by molar-refractivity contribution is 5.97. The number of amides is 2. The number of ketones is 1. The Morgan fingerprint density at radius 2 is 1.95 bits per heavy atom. The monoisotopic (exact) mass is 566 g/mol. The van der Waals surface area contributed by atoms with Gasteiger partial charge in [-0.25, -0.2) is 4.98 Å². The van der Waals surface area contributed by atoms with Gasteiger partial charge < -0.3 is 20.1 Å². The van der Waals surface area contributed by atoms with E-state index in [1.165, 1.54) is 19.4 Å². The Balaban J connectivity index is 1.23. The smallest absolute Gasteiger partial charge is 0.281 e. The number of methoxy groups -OCH3 is 1. The minimum atomic E-state index is -0.451. The highest BCUT2D eigenvalue weighted by atomic mass is 16.5. The fourth-order valence-electron chi connectivity index (χ4n) is 4.50. The van der Waals surface area contributed by atoms with E-state index < -0.39 is 5.91 Å². The number of carbonyl (C=O) groups excluding carboxylic acids is 3. The van der Waals surface area contributed by atoms with Gasteiger partial charge in [-0.15, -0.1) is 0 Å². The summed E-state index contributed by atoms with van der Waals surface area (Å²) >= 11 is 0. The molecule has 0 unspecified atom stereocenters. The summed E-state index contributed by atoms with van der Waals surface area (Å²) in [4.78, 5) is 50.1. The van der Waals surface area contributed by atoms with Crippen molar-refractivity contribution in [2.24, 2.45) is 4.99 Å². The van der Waals surface area contributed by atoms with Gasteiger partial charge in [0.1, 0.15) is 17.9 Å². The summed E-state index contributed by atoms with van der Waals surface area (Å²) in [5, 5.41) is 6.90. The summed E-state index contributed by atoms with van der Waals surface area (Å²) in [6, 6.07) is 16.5. The molecular formula is C31H30N6O5. The van der Waals surface area contributed by atoms with E-state index in [0.29, 0.717) is 35.7 Å². The Morgan fingerprint density at radius 3 is 2.74 bits per heavy atom. The second-order valence-electron chi connectivity index (χ2n) is 9.40. The molecule has 2 aromatic carbocycles. The second kappa shape index (κ2) is 13.4. The summed E-state index contributed by atoms with van der Waals surface area (Å²) in [6.07, 6.45) is 6.48. The zero-order chi connectivity index (χ0) is 29.3. The van der Waals surface area contributed by atoms with Crippen LogP contribution in [0.15, 0.2) is 78.1 Å². The van der Waals surface area contributed by atoms with Crippen molar-refractivity contribution in [1.29, 1.82) is 0 Å². The summed E-state index contributed by atoms with van der Waals surface area (Å²) in [5.74, 6) is 0.787. The number of hydrogen-bond acceptors (Lipinski definition) is 8. The molecule has 2 aromatic heterocycles. The van der Waals surface area contributed by atoms with Gasteiger partial charge in [-0.05, 0) is 35.9 Å². The number of ether oxygens (including phenoxy) is 2. The van der Waals surface area contributed by atoms with Crippen LogP contribution in [-0.4, -0.2) is 58.9 Å². The predicted octanol–water partition coefficient (Wildman–Crippen LogP) is 3.16. The topological polar surface area (TPSA) is 137 Å². The normalized spacial score (nSPS) is 12.6. The van der Waals surface area contributed by atoms with Crippen molar-refractivity contribution >= 4 is 40.4 Å². The van der Waals surface area contributed by atoms with Crippen LogP contribution in [0.4, 0.5) is 5.82 Å². The number of hydrogen-bond donors (Lipinski definition) is 2. The minimum absolute atomic E-state index is 0.0843. The largest absolute Gasteiger partial charge is 0.491 e. The first-order valence-electron chi connectivity index (χ1n) is 13.5. The molecule has 0 bridgehead atoms. The molecule has 0 radical (unpaired) electrons. The molecule has 11 nitrogen and oxygen atoms in total. The van der Waals surface area contributed by atoms with Crippen molar-refractivity contribution in [2.45, 2.75) is 19.4 Å². The van der Waals surface area contributed by atoms with Crippen molar-refractivity contribution in [2.75, 3.05) is 32.1 Å². The molecule has 1 aliphatic heterocycles. The van der Waals surface area contributed by atoms with E-state index in [9.17, 15) is 14.4 Å². The van der Waals surface area contributed by atoms with Crippen LogP contribution in [0.3, 0.4) is 0 Å². The molecular weight excluding hydrogens is 536 g/mol. The zero-order valence-corrected chi connectivity index (χ0v) is 23.1. The van der Waals surface area contributed by atoms with Crippen LogP contribution < -0.4 is 25.7 Å². The van der Waals surface area contributed by atoms with Crippen molar-refractivity contribution in [3.05, 3.63) is 89.8 Å². The Hall–Kier alpha value is -5.32. The summed E-state index contributed by atoms with van der Waals surface area (Å²) < 4.78 is 13.4. The molecule has 3 heterocycles. The van der Waals surface area contributed by atoms with Gasteiger partial charge in [0.15, 0.2) is 17.3 Å². The number of rotatable bonds is 11. The van der Waals surface area contributed by atoms with E-state index in [1.54, 1.807) is 30.5 Å². The number of allylic oxidation sites excluding steroid dienone is 1. The number of nitrogens with one attached hydrogen (secondary N) is 2. The second-order valence-corrected chi connectivity index (χ2v) is 9.40. The van der Waals surface area contributed by atoms with Gasteiger partial charge in [-0.2, -0.15) is 4.99 Å². The van der Waals surface area contributed by atoms with E-state index in [4.69, 9.17) is 9.47 Å². The first kappa shape index (κ1) is 28.2. The van der Waals surface area contributed by atoms with Crippen molar-refractivity contribution in [3.8, 4) is 11.5 Å². The number of nitrogens with zero attached hydrogens (tertiary/aromatic N) is 4. The molecule has 0 atom stereocenters. The Labute approximate surface area is 241 Å². The molecule has 4 aromatic rings. The van der Waals surface area contributed by atoms with Crippen LogP contribution in [0.25, 0.3) is 17.0 Å². The maximum absolute atomic E-state index is 12.8. The summed E-state index contributed by atoms with van der Waals surface area (Å²) in [5.41, 5.74) is 2.01. The van der Waals surface area contributed by atoms with Gasteiger partial charge in [0.2, 0.25) is 11.5 Å². The highest BCUT2D eigenvalue weighted by Crippen LogP contribution is 2.37. The Kier molecular flexibility index (Phi) is 8.97. The lowest BCUT2D eigenvalue weighted by atomic mass is 10.1. The molecule has 1 aliphatic rings. The SMILES string of the molecule is COc1c(OCCNC(=O)CCC(=O)/C=C/c2ccccc2)ccc2c3n(c(=NC(=O)c4cccnc4)nc12)CCN3. The number of anilines is 1. The molecule has 5 rings (SSSR count). The van der Waals surface area contributed by atoms with Gasteiger partial charge >= 0.3 is 0 Å². The van der Waals surface area contributed by atoms with Crippen molar-refractivity contribution < 1.29 is 23.9 Å². The van der Waals surface area contributed by atoms with Crippen LogP contribution in [0, 0.1) is 0 Å². The lowest BCUT2D eigenvalue weighted by molar-refractivity contribution is -0.123. The van der Waals surface area contributed by atoms with Gasteiger partial charge in [-0.1, -0.05) is 36.4 Å². The van der Waals surface area contributed by atoms with Crippen LogP contribution in [0.2, 0.25) is 0 Å². The molecule has 11 heteroatoms. The molecule has 0 saturated heterocycles. The average Bonchev–Trinajstić information content (AvgIpc) is 3.52. The predicted molar refractivity (Wildman–Crippen MR) is 157 cm³/mol. The maximum atomic E-state index is 12.8. The third-order valence-electron chi connectivity index (χ3n) is 6.56. The number of carbonyl (C=O) groups is 3. The first-order valence-corrected chi connectivity index (χ1v) is 13.5. The molecule has 0 fully saturated rings. The summed E-state index contributed by atoms with van der Waals surface area (Å²) in [7, 11) is 1.51. The van der Waals surface area contributed by atoms with Crippen molar-refractivity contribution in [1.82, 2.24) is 19.9 Å². The number of benzene rings is 2. The fourth-order valence-corrected chi connectivity index (χ4v) is 4.50. The molecule has 0 saturated carbocycles. The first-order chi connectivity index (χ1) is 20.5. The number of pyridine rings is 1. The van der Waals surface area contributed by atoms with E-state index in [2.05, 4.69) is 25.6 Å². The van der Waals surface area contributed by atoms with Gasteiger partial charge in [0, 0.05) is 43.7 Å². The molecule has 42 heavy (non-hydrogen) atoms. The van der Waals surface area contributed by atoms with E-state index >= 15 is 0 Å². The molecule has 2 amide bonds. The van der Waals surface area contributed by atoms with Crippen molar-refractivity contribution in [3.63, 3.8) is 0 Å². The molecule has 2 N–H and O–H groups in total. The number of aromatic nitrogens is 3. The van der Waals surface area contributed by atoms with Crippen LogP contribution in [-0.2, 0) is 16.1 Å². The van der Waals surface area contributed by atoms with Crippen LogP contribution in [0.5, 0.6) is 11.5 Å². The summed E-state index contributed by atoms with van der Waals surface area (Å²) in [6.45, 7) is 1.68. The quantitative estimate of drug-likeness (QED) is 0.209. The lowest BCUT2D eigenvalue weighted by Crippen LogP contribution is -2.28. The molecule has 0 spiro atoms. The third kappa shape index (κ3) is 6.69. The fraction of sp³-hybridized carbons (Fsp3) is 0.226. The highest BCUT2D eigenvalue weighted by Gasteiger charge is 2.21. The van der Waals surface area contributed by atoms with Gasteiger partial charge in [0.05, 0.1) is 19.2 Å². The van der Waals surface area contributed by atoms with Gasteiger partial charge in [0.25, 0.3) is 5.91 Å². The van der Waals surface area contributed by atoms with Gasteiger partial charge in [-0.3, -0.25) is 23.9 Å². The maximum Gasteiger partial charge on any atom is 0.281 e. The molecule has 214 valence electrons. The number of fused-ring (bicyclic) bond motifs is 3. The average molecular weight is 567 g/mol. The Bertz CT molecular complexity index is 1700. The zero-order valence-electron chi connectivity index (χ0n) is 23.1. The third-order valence-corrected chi connectivity index (χ3v) is 6.56. The van der Waals surface area contributed by atoms with E-state index in [-0.39, 0.29) is 43.3 Å². The van der Waals surface area contributed by atoms with E-state index in [1.807, 2.05) is 41.0 Å². The van der Waals surface area contributed by atoms with Crippen LogP contribution in [0.1, 0.15) is 28.8 Å².